The summed E-state index contributed by atoms with van der Waals surface area (Å²) in [5.41, 5.74) is -0.167. The summed E-state index contributed by atoms with van der Waals surface area (Å²) in [6.45, 7) is 11.0. The third-order valence-electron chi connectivity index (χ3n) is 2.82. The first-order valence-electron chi connectivity index (χ1n) is 6.59. The zero-order valence-electron chi connectivity index (χ0n) is 12.1. The molecule has 0 unspecified atom stereocenters. The Labute approximate surface area is 107 Å². The maximum atomic E-state index is 8.89. The van der Waals surface area contributed by atoms with Crippen molar-refractivity contribution in [2.45, 2.75) is 53.1 Å². The van der Waals surface area contributed by atoms with Crippen LogP contribution in [0, 0.1) is 16.7 Å². The second-order valence-corrected chi connectivity index (χ2v) is 5.68. The molecule has 0 fully saturated rings. The van der Waals surface area contributed by atoms with Crippen LogP contribution in [-0.4, -0.2) is 37.7 Å². The molecule has 0 aromatic heterocycles. The van der Waals surface area contributed by atoms with Gasteiger partial charge in [-0.2, -0.15) is 5.26 Å². The van der Waals surface area contributed by atoms with Crippen LogP contribution in [0.15, 0.2) is 0 Å². The van der Waals surface area contributed by atoms with E-state index in [0.29, 0.717) is 6.10 Å². The van der Waals surface area contributed by atoms with Crippen molar-refractivity contribution >= 4 is 0 Å². The van der Waals surface area contributed by atoms with Gasteiger partial charge in [-0.25, -0.2) is 0 Å². The minimum atomic E-state index is -0.167. The van der Waals surface area contributed by atoms with Gasteiger partial charge in [0.1, 0.15) is 0 Å². The summed E-state index contributed by atoms with van der Waals surface area (Å²) in [5.74, 6) is 0. The maximum absolute atomic E-state index is 8.89. The van der Waals surface area contributed by atoms with Crippen molar-refractivity contribution in [3.63, 3.8) is 0 Å². The molecule has 0 amide bonds. The summed E-state index contributed by atoms with van der Waals surface area (Å²) in [6, 6.07) is 2.34. The number of unbranched alkanes of at least 4 members (excludes halogenated alkanes) is 1. The minimum Gasteiger partial charge on any atom is -0.377 e. The van der Waals surface area contributed by atoms with E-state index in [1.165, 1.54) is 0 Å². The average molecular weight is 240 g/mol. The van der Waals surface area contributed by atoms with Crippen LogP contribution in [0.25, 0.3) is 0 Å². The smallest absolute Gasteiger partial charge is 0.0683 e. The molecule has 0 rings (SSSR count). The van der Waals surface area contributed by atoms with E-state index in [1.807, 2.05) is 13.8 Å². The van der Waals surface area contributed by atoms with Crippen LogP contribution in [0.2, 0.25) is 0 Å². The highest BCUT2D eigenvalue weighted by Gasteiger charge is 2.15. The molecule has 0 N–H and O–H groups in total. The Morgan fingerprint density at radius 1 is 1.24 bits per heavy atom. The molecule has 0 radical (unpaired) electrons. The molecular weight excluding hydrogens is 212 g/mol. The second-order valence-electron chi connectivity index (χ2n) is 5.68. The lowest BCUT2D eigenvalue weighted by molar-refractivity contribution is 0.0635. The first-order chi connectivity index (χ1) is 7.87. The van der Waals surface area contributed by atoms with Crippen LogP contribution in [0.5, 0.6) is 0 Å². The molecule has 0 saturated carbocycles. The number of nitrogens with zero attached hydrogens (tertiary/aromatic N) is 2. The standard InChI is InChI=1S/C14H28N2O/c1-13(2)17-11-10-16(5)9-7-6-8-14(3,4)12-15/h13H,6-11H2,1-5H3. The Kier molecular flexibility index (Phi) is 8.20. The highest BCUT2D eigenvalue weighted by molar-refractivity contribution is 4.91. The number of hydrogen-bond acceptors (Lipinski definition) is 3. The number of hydrogen-bond donors (Lipinski definition) is 0. The Balaban J connectivity index is 3.46. The normalized spacial score (nSPS) is 12.1. The van der Waals surface area contributed by atoms with E-state index in [-0.39, 0.29) is 5.41 Å². The molecule has 0 aliphatic rings. The Bertz CT molecular complexity index is 231. The van der Waals surface area contributed by atoms with Crippen molar-refractivity contribution < 1.29 is 4.74 Å². The fourth-order valence-electron chi connectivity index (χ4n) is 1.56. The third kappa shape index (κ3) is 10.3. The lowest BCUT2D eigenvalue weighted by Gasteiger charge is -2.19. The minimum absolute atomic E-state index is 0.167. The predicted molar refractivity (Wildman–Crippen MR) is 71.8 cm³/mol. The van der Waals surface area contributed by atoms with E-state index >= 15 is 0 Å². The van der Waals surface area contributed by atoms with E-state index in [0.717, 1.165) is 39.0 Å². The molecule has 0 spiro atoms. The number of nitriles is 1. The average Bonchev–Trinajstić information content (AvgIpc) is 2.24. The number of likely N-dealkylation sites (N-methyl/N-ethyl adjacent to an activating group) is 1. The number of ether oxygens (including phenoxy) is 1. The molecule has 100 valence electrons. The van der Waals surface area contributed by atoms with Crippen LogP contribution in [0.3, 0.4) is 0 Å². The van der Waals surface area contributed by atoms with Gasteiger partial charge in [-0.1, -0.05) is 6.42 Å². The zero-order chi connectivity index (χ0) is 13.3. The molecule has 3 nitrogen and oxygen atoms in total. The van der Waals surface area contributed by atoms with Gasteiger partial charge in [-0.15, -0.1) is 0 Å². The SMILES string of the molecule is CC(C)OCCN(C)CCCCC(C)(C)C#N. The summed E-state index contributed by atoms with van der Waals surface area (Å²) < 4.78 is 5.51. The largest absolute Gasteiger partial charge is 0.377 e. The summed E-state index contributed by atoms with van der Waals surface area (Å²) in [7, 11) is 2.12. The summed E-state index contributed by atoms with van der Waals surface area (Å²) in [4.78, 5) is 2.29. The van der Waals surface area contributed by atoms with Gasteiger partial charge in [0.05, 0.1) is 24.2 Å². The van der Waals surface area contributed by atoms with Crippen LogP contribution in [-0.2, 0) is 4.74 Å². The van der Waals surface area contributed by atoms with Crippen molar-refractivity contribution in [3.05, 3.63) is 0 Å². The topological polar surface area (TPSA) is 36.3 Å². The monoisotopic (exact) mass is 240 g/mol. The first kappa shape index (κ1) is 16.4. The Morgan fingerprint density at radius 3 is 2.41 bits per heavy atom. The van der Waals surface area contributed by atoms with Crippen molar-refractivity contribution in [2.75, 3.05) is 26.7 Å². The molecule has 0 aromatic carbocycles. The molecular formula is C14H28N2O. The summed E-state index contributed by atoms with van der Waals surface area (Å²) >= 11 is 0. The predicted octanol–water partition coefficient (Wildman–Crippen LogP) is 3.06. The van der Waals surface area contributed by atoms with Gasteiger partial charge >= 0.3 is 0 Å². The van der Waals surface area contributed by atoms with Crippen LogP contribution < -0.4 is 0 Å². The van der Waals surface area contributed by atoms with Crippen molar-refractivity contribution in [3.8, 4) is 6.07 Å². The molecule has 17 heavy (non-hydrogen) atoms. The molecule has 0 aliphatic carbocycles. The highest BCUT2D eigenvalue weighted by Crippen LogP contribution is 2.21. The van der Waals surface area contributed by atoms with E-state index < -0.39 is 0 Å². The van der Waals surface area contributed by atoms with Crippen molar-refractivity contribution in [1.29, 1.82) is 5.26 Å². The highest BCUT2D eigenvalue weighted by atomic mass is 16.5. The van der Waals surface area contributed by atoms with Crippen LogP contribution in [0.1, 0.15) is 47.0 Å². The van der Waals surface area contributed by atoms with Crippen molar-refractivity contribution in [1.82, 2.24) is 4.90 Å². The van der Waals surface area contributed by atoms with E-state index in [9.17, 15) is 0 Å². The summed E-state index contributed by atoms with van der Waals surface area (Å²) in [6.07, 6.45) is 3.58. The van der Waals surface area contributed by atoms with E-state index in [4.69, 9.17) is 10.00 Å². The van der Waals surface area contributed by atoms with Gasteiger partial charge in [-0.05, 0) is 54.1 Å². The molecule has 0 saturated heterocycles. The molecule has 3 heteroatoms. The first-order valence-corrected chi connectivity index (χ1v) is 6.59. The third-order valence-corrected chi connectivity index (χ3v) is 2.82. The zero-order valence-corrected chi connectivity index (χ0v) is 12.1. The summed E-state index contributed by atoms with van der Waals surface area (Å²) in [5, 5.41) is 8.89. The fourth-order valence-corrected chi connectivity index (χ4v) is 1.56. The quantitative estimate of drug-likeness (QED) is 0.581. The lowest BCUT2D eigenvalue weighted by atomic mass is 9.89. The van der Waals surface area contributed by atoms with Crippen molar-refractivity contribution in [2.24, 2.45) is 5.41 Å². The van der Waals surface area contributed by atoms with Crippen LogP contribution in [0.4, 0.5) is 0 Å². The van der Waals surface area contributed by atoms with Gasteiger partial charge in [0.25, 0.3) is 0 Å². The molecule has 0 heterocycles. The fraction of sp³-hybridized carbons (Fsp3) is 0.929. The molecule has 0 aliphatic heterocycles. The number of rotatable bonds is 9. The maximum Gasteiger partial charge on any atom is 0.0683 e. The van der Waals surface area contributed by atoms with Gasteiger partial charge in [-0.3, -0.25) is 0 Å². The Morgan fingerprint density at radius 2 is 1.88 bits per heavy atom. The molecule has 0 bridgehead atoms. The molecule has 0 aromatic rings. The van der Waals surface area contributed by atoms with Gasteiger partial charge in [0.2, 0.25) is 0 Å². The van der Waals surface area contributed by atoms with E-state index in [2.05, 4.69) is 31.9 Å². The van der Waals surface area contributed by atoms with Gasteiger partial charge in [0.15, 0.2) is 0 Å². The Hall–Kier alpha value is -0.590. The lowest BCUT2D eigenvalue weighted by Crippen LogP contribution is -2.25. The van der Waals surface area contributed by atoms with Gasteiger partial charge < -0.3 is 9.64 Å². The van der Waals surface area contributed by atoms with E-state index in [1.54, 1.807) is 0 Å². The van der Waals surface area contributed by atoms with Gasteiger partial charge in [0, 0.05) is 6.54 Å². The van der Waals surface area contributed by atoms with Crippen LogP contribution >= 0.6 is 0 Å². The molecule has 0 atom stereocenters. The second kappa shape index (κ2) is 8.49.